The van der Waals surface area contributed by atoms with Gasteiger partial charge in [-0.3, -0.25) is 19.3 Å². The molecule has 2 aliphatic rings. The fourth-order valence-electron chi connectivity index (χ4n) is 5.42. The van der Waals surface area contributed by atoms with Crippen molar-refractivity contribution in [1.29, 1.82) is 0 Å². The van der Waals surface area contributed by atoms with Crippen LogP contribution in [0.3, 0.4) is 0 Å². The number of aromatic nitrogens is 1. The van der Waals surface area contributed by atoms with E-state index >= 15 is 0 Å². The second kappa shape index (κ2) is 14.9. The highest BCUT2D eigenvalue weighted by Gasteiger charge is 2.29. The third-order valence-corrected chi connectivity index (χ3v) is 9.00. The number of thiazole rings is 1. The largest absolute Gasteiger partial charge is 0.379 e. The molecular formula is C29H40ClN5O4S. The van der Waals surface area contributed by atoms with Gasteiger partial charge >= 0.3 is 0 Å². The van der Waals surface area contributed by atoms with Crippen LogP contribution in [0, 0.1) is 5.92 Å². The molecule has 2 atom stereocenters. The van der Waals surface area contributed by atoms with Gasteiger partial charge < -0.3 is 21.1 Å². The summed E-state index contributed by atoms with van der Waals surface area (Å²) < 4.78 is 6.36. The molecule has 1 saturated heterocycles. The lowest BCUT2D eigenvalue weighted by Crippen LogP contribution is -2.52. The average molecular weight is 590 g/mol. The molecule has 11 heteroatoms. The molecule has 4 N–H and O–H groups in total. The van der Waals surface area contributed by atoms with Crippen molar-refractivity contribution in [3.63, 3.8) is 0 Å². The normalized spacial score (nSPS) is 18.8. The summed E-state index contributed by atoms with van der Waals surface area (Å²) in [6.07, 6.45) is 8.40. The van der Waals surface area contributed by atoms with Gasteiger partial charge in [-0.25, -0.2) is 4.98 Å². The molecule has 2 fully saturated rings. The van der Waals surface area contributed by atoms with E-state index in [2.05, 4.69) is 20.5 Å². The zero-order chi connectivity index (χ0) is 28.5. The summed E-state index contributed by atoms with van der Waals surface area (Å²) >= 11 is 7.62. The van der Waals surface area contributed by atoms with E-state index in [0.717, 1.165) is 54.0 Å². The van der Waals surface area contributed by atoms with E-state index in [0.29, 0.717) is 42.7 Å². The van der Waals surface area contributed by atoms with Gasteiger partial charge in [-0.05, 0) is 43.4 Å². The predicted octanol–water partition coefficient (Wildman–Crippen LogP) is 3.59. The Morgan fingerprint density at radius 2 is 1.95 bits per heavy atom. The molecule has 1 saturated carbocycles. The van der Waals surface area contributed by atoms with Crippen molar-refractivity contribution in [2.45, 2.75) is 70.4 Å². The minimum absolute atomic E-state index is 0.165. The van der Waals surface area contributed by atoms with E-state index in [-0.39, 0.29) is 30.7 Å². The van der Waals surface area contributed by atoms with Gasteiger partial charge in [0, 0.05) is 49.1 Å². The zero-order valence-electron chi connectivity index (χ0n) is 23.1. The first-order chi connectivity index (χ1) is 19.3. The van der Waals surface area contributed by atoms with E-state index in [1.165, 1.54) is 17.8 Å². The molecule has 2 aromatic rings. The van der Waals surface area contributed by atoms with Crippen molar-refractivity contribution < 1.29 is 19.1 Å². The van der Waals surface area contributed by atoms with Crippen LogP contribution in [-0.2, 0) is 25.5 Å². The lowest BCUT2D eigenvalue weighted by molar-refractivity contribution is -0.129. The maximum absolute atomic E-state index is 13.7. The van der Waals surface area contributed by atoms with Gasteiger partial charge in [-0.2, -0.15) is 0 Å². The topological polar surface area (TPSA) is 127 Å². The Balaban J connectivity index is 1.51. The zero-order valence-corrected chi connectivity index (χ0v) is 24.7. The summed E-state index contributed by atoms with van der Waals surface area (Å²) in [5, 5.41) is 7.53. The van der Waals surface area contributed by atoms with E-state index in [1.54, 1.807) is 13.0 Å². The molecule has 0 spiro atoms. The number of halogens is 1. The number of nitrogens with zero attached hydrogens (tertiary/aromatic N) is 2. The number of amides is 3. The third-order valence-electron chi connectivity index (χ3n) is 7.73. The highest BCUT2D eigenvalue weighted by Crippen LogP contribution is 2.29. The van der Waals surface area contributed by atoms with E-state index in [9.17, 15) is 14.4 Å². The molecule has 0 unspecified atom stereocenters. The summed E-state index contributed by atoms with van der Waals surface area (Å²) in [6, 6.07) is 4.58. The minimum atomic E-state index is -0.762. The van der Waals surface area contributed by atoms with Crippen LogP contribution < -0.4 is 16.4 Å². The highest BCUT2D eigenvalue weighted by molar-refractivity contribution is 7.18. The Kier molecular flexibility index (Phi) is 11.3. The monoisotopic (exact) mass is 589 g/mol. The number of nitrogens with one attached hydrogen (secondary N) is 2. The van der Waals surface area contributed by atoms with Crippen molar-refractivity contribution in [2.24, 2.45) is 11.7 Å². The number of primary amides is 1. The van der Waals surface area contributed by atoms with E-state index < -0.39 is 11.9 Å². The van der Waals surface area contributed by atoms with Crippen molar-refractivity contribution in [3.05, 3.63) is 39.9 Å². The molecule has 40 heavy (non-hydrogen) atoms. The number of morpholine rings is 1. The standard InChI is InChI=1S/C29H40ClN5O4S/c1-2-26(36)32-24(17-27-33-23-11-9-21(30)16-25(23)40-27)29(38)34-22(19-6-4-3-5-7-19)10-8-20(28(31)37)18-35-12-14-39-15-13-35/h8-9,11,16,19,22,24H,2-7,10,12-15,17-18H2,1H3,(H2,31,37)(H,32,36)(H,34,38)/t22-,24-/m0/s1. The molecule has 1 aromatic heterocycles. The van der Waals surface area contributed by atoms with Crippen molar-refractivity contribution in [2.75, 3.05) is 32.8 Å². The average Bonchev–Trinajstić information content (AvgIpc) is 3.36. The van der Waals surface area contributed by atoms with Crippen LogP contribution in [0.25, 0.3) is 10.2 Å². The van der Waals surface area contributed by atoms with Crippen LogP contribution in [-0.4, -0.2) is 72.5 Å². The number of nitrogens with two attached hydrogens (primary N) is 1. The first-order valence-corrected chi connectivity index (χ1v) is 15.5. The van der Waals surface area contributed by atoms with Gasteiger partial charge in [0.05, 0.1) is 28.4 Å². The number of benzene rings is 1. The second-order valence-electron chi connectivity index (χ2n) is 10.6. The Morgan fingerprint density at radius 1 is 1.20 bits per heavy atom. The molecule has 4 rings (SSSR count). The van der Waals surface area contributed by atoms with Crippen molar-refractivity contribution in [3.8, 4) is 0 Å². The minimum Gasteiger partial charge on any atom is -0.379 e. The lowest BCUT2D eigenvalue weighted by atomic mass is 9.82. The third kappa shape index (κ3) is 8.73. The number of carbonyl (C=O) groups excluding carboxylic acids is 3. The Bertz CT molecular complexity index is 1210. The Hall–Kier alpha value is -2.53. The van der Waals surface area contributed by atoms with Gasteiger partial charge in [-0.1, -0.05) is 43.9 Å². The Morgan fingerprint density at radius 3 is 2.65 bits per heavy atom. The maximum Gasteiger partial charge on any atom is 0.245 e. The summed E-state index contributed by atoms with van der Waals surface area (Å²) in [6.45, 7) is 5.02. The van der Waals surface area contributed by atoms with E-state index in [1.807, 2.05) is 18.2 Å². The van der Waals surface area contributed by atoms with Crippen LogP contribution in [0.5, 0.6) is 0 Å². The second-order valence-corrected chi connectivity index (χ2v) is 12.2. The van der Waals surface area contributed by atoms with Crippen molar-refractivity contribution in [1.82, 2.24) is 20.5 Å². The van der Waals surface area contributed by atoms with E-state index in [4.69, 9.17) is 22.1 Å². The quantitative estimate of drug-likeness (QED) is 0.325. The molecule has 9 nitrogen and oxygen atoms in total. The number of carbonyl (C=O) groups is 3. The Labute approximate surface area is 244 Å². The summed E-state index contributed by atoms with van der Waals surface area (Å²) in [4.78, 5) is 45.2. The number of hydrogen-bond donors (Lipinski definition) is 3. The van der Waals surface area contributed by atoms with Gasteiger partial charge in [0.25, 0.3) is 0 Å². The fraction of sp³-hybridized carbons (Fsp3) is 0.586. The maximum atomic E-state index is 13.7. The van der Waals surface area contributed by atoms with Crippen LogP contribution in [0.1, 0.15) is 56.9 Å². The fourth-order valence-corrected chi connectivity index (χ4v) is 6.70. The first kappa shape index (κ1) is 30.4. The van der Waals surface area contributed by atoms with Crippen molar-refractivity contribution >= 4 is 50.9 Å². The molecule has 3 amide bonds. The van der Waals surface area contributed by atoms with Crippen LogP contribution in [0.15, 0.2) is 29.8 Å². The molecule has 218 valence electrons. The first-order valence-electron chi connectivity index (χ1n) is 14.3. The summed E-state index contributed by atoms with van der Waals surface area (Å²) in [7, 11) is 0. The molecule has 0 bridgehead atoms. The smallest absolute Gasteiger partial charge is 0.245 e. The van der Waals surface area contributed by atoms with Gasteiger partial charge in [-0.15, -0.1) is 11.3 Å². The molecule has 1 aromatic carbocycles. The van der Waals surface area contributed by atoms with Crippen LogP contribution in [0.2, 0.25) is 5.02 Å². The molecular weight excluding hydrogens is 550 g/mol. The number of ether oxygens (including phenoxy) is 1. The van der Waals surface area contributed by atoms with Crippen LogP contribution >= 0.6 is 22.9 Å². The molecule has 0 radical (unpaired) electrons. The number of hydrogen-bond acceptors (Lipinski definition) is 7. The number of rotatable bonds is 12. The predicted molar refractivity (Wildman–Crippen MR) is 158 cm³/mol. The van der Waals surface area contributed by atoms with Gasteiger partial charge in [0.1, 0.15) is 6.04 Å². The highest BCUT2D eigenvalue weighted by atomic mass is 35.5. The SMILES string of the molecule is CCC(=O)N[C@@H](Cc1nc2ccc(Cl)cc2s1)C(=O)N[C@@H](CC=C(CN1CCOCC1)C(N)=O)C1CCCCC1. The molecule has 1 aliphatic heterocycles. The number of fused-ring (bicyclic) bond motifs is 1. The molecule has 2 heterocycles. The summed E-state index contributed by atoms with van der Waals surface area (Å²) in [5.41, 5.74) is 7.12. The van der Waals surface area contributed by atoms with Gasteiger partial charge in [0.15, 0.2) is 0 Å². The van der Waals surface area contributed by atoms with Crippen LogP contribution in [0.4, 0.5) is 0 Å². The molecule has 1 aliphatic carbocycles. The lowest BCUT2D eigenvalue weighted by Gasteiger charge is -2.32. The summed E-state index contributed by atoms with van der Waals surface area (Å²) in [5.74, 6) is -0.584. The van der Waals surface area contributed by atoms with Gasteiger partial charge in [0.2, 0.25) is 17.7 Å².